The van der Waals surface area contributed by atoms with Gasteiger partial charge in [-0.3, -0.25) is 0 Å². The predicted molar refractivity (Wildman–Crippen MR) is 74.5 cm³/mol. The summed E-state index contributed by atoms with van der Waals surface area (Å²) in [6, 6.07) is 11.0. The van der Waals surface area contributed by atoms with Crippen molar-refractivity contribution in [1.29, 1.82) is 0 Å². The summed E-state index contributed by atoms with van der Waals surface area (Å²) in [5.41, 5.74) is 1.39. The summed E-state index contributed by atoms with van der Waals surface area (Å²) in [4.78, 5) is 0. The zero-order valence-corrected chi connectivity index (χ0v) is 11.6. The third-order valence-electron chi connectivity index (χ3n) is 3.50. The molecule has 3 nitrogen and oxygen atoms in total. The highest BCUT2D eigenvalue weighted by Gasteiger charge is 2.37. The Balaban J connectivity index is 1.66. The van der Waals surface area contributed by atoms with Gasteiger partial charge in [-0.25, -0.2) is 8.42 Å². The van der Waals surface area contributed by atoms with Gasteiger partial charge in [0.2, 0.25) is 0 Å². The average molecular weight is 267 g/mol. The number of hydrogen-bond donors (Lipinski definition) is 1. The standard InChI is InChI=1S/C14H21NO2S/c1-2-18(16,17)10-6-9-15-14-11-13(14)12-7-4-3-5-8-12/h3-5,7-8,13-15H,2,6,9-11H2,1H3. The van der Waals surface area contributed by atoms with Crippen molar-refractivity contribution < 1.29 is 8.42 Å². The van der Waals surface area contributed by atoms with Gasteiger partial charge in [-0.15, -0.1) is 0 Å². The second-order valence-electron chi connectivity index (χ2n) is 4.90. The molecule has 0 amide bonds. The van der Waals surface area contributed by atoms with E-state index in [1.807, 2.05) is 6.07 Å². The lowest BCUT2D eigenvalue weighted by molar-refractivity contribution is 0.588. The van der Waals surface area contributed by atoms with Gasteiger partial charge in [-0.2, -0.15) is 0 Å². The fraction of sp³-hybridized carbons (Fsp3) is 0.571. The van der Waals surface area contributed by atoms with Gasteiger partial charge < -0.3 is 5.32 Å². The largest absolute Gasteiger partial charge is 0.313 e. The van der Waals surface area contributed by atoms with Crippen molar-refractivity contribution in [3.63, 3.8) is 0 Å². The molecule has 1 aromatic carbocycles. The summed E-state index contributed by atoms with van der Waals surface area (Å²) in [7, 11) is -2.80. The van der Waals surface area contributed by atoms with Crippen LogP contribution >= 0.6 is 0 Å². The summed E-state index contributed by atoms with van der Waals surface area (Å²) in [6.07, 6.45) is 1.89. The second-order valence-corrected chi connectivity index (χ2v) is 7.38. The van der Waals surface area contributed by atoms with E-state index in [4.69, 9.17) is 0 Å². The van der Waals surface area contributed by atoms with Crippen LogP contribution in [0.15, 0.2) is 30.3 Å². The van der Waals surface area contributed by atoms with E-state index in [2.05, 4.69) is 29.6 Å². The minimum absolute atomic E-state index is 0.253. The molecule has 0 heterocycles. The molecule has 0 spiro atoms. The van der Waals surface area contributed by atoms with E-state index < -0.39 is 9.84 Å². The molecule has 1 aromatic rings. The van der Waals surface area contributed by atoms with Crippen molar-refractivity contribution in [2.45, 2.75) is 31.7 Å². The average Bonchev–Trinajstić information content (AvgIpc) is 3.15. The third kappa shape index (κ3) is 3.82. The monoisotopic (exact) mass is 267 g/mol. The van der Waals surface area contributed by atoms with Crippen molar-refractivity contribution in [3.05, 3.63) is 35.9 Å². The fourth-order valence-corrected chi connectivity index (χ4v) is 3.09. The molecule has 2 unspecified atom stereocenters. The van der Waals surface area contributed by atoms with Gasteiger partial charge in [0.25, 0.3) is 0 Å². The van der Waals surface area contributed by atoms with Crippen LogP contribution in [-0.2, 0) is 9.84 Å². The highest BCUT2D eigenvalue weighted by atomic mass is 32.2. The molecule has 1 fully saturated rings. The van der Waals surface area contributed by atoms with Crippen LogP contribution in [0.3, 0.4) is 0 Å². The molecule has 18 heavy (non-hydrogen) atoms. The Morgan fingerprint density at radius 1 is 1.28 bits per heavy atom. The molecule has 0 radical (unpaired) electrons. The first-order chi connectivity index (χ1) is 8.62. The van der Waals surface area contributed by atoms with Crippen LogP contribution in [0.2, 0.25) is 0 Å². The first kappa shape index (κ1) is 13.6. The Labute approximate surface area is 110 Å². The van der Waals surface area contributed by atoms with Crippen LogP contribution in [-0.4, -0.2) is 32.5 Å². The molecular weight excluding hydrogens is 246 g/mol. The highest BCUT2D eigenvalue weighted by molar-refractivity contribution is 7.91. The van der Waals surface area contributed by atoms with Gasteiger partial charge in [0.1, 0.15) is 9.84 Å². The van der Waals surface area contributed by atoms with E-state index >= 15 is 0 Å². The Hall–Kier alpha value is -0.870. The topological polar surface area (TPSA) is 46.2 Å². The molecule has 2 rings (SSSR count). The van der Waals surface area contributed by atoms with Gasteiger partial charge in [-0.1, -0.05) is 37.3 Å². The van der Waals surface area contributed by atoms with E-state index in [1.165, 1.54) is 12.0 Å². The minimum atomic E-state index is -2.80. The number of hydrogen-bond acceptors (Lipinski definition) is 3. The van der Waals surface area contributed by atoms with Crippen molar-refractivity contribution >= 4 is 9.84 Å². The van der Waals surface area contributed by atoms with Crippen LogP contribution < -0.4 is 5.32 Å². The Morgan fingerprint density at radius 3 is 2.67 bits per heavy atom. The molecule has 1 aliphatic rings. The van der Waals surface area contributed by atoms with Crippen LogP contribution in [0.4, 0.5) is 0 Å². The van der Waals surface area contributed by atoms with Crippen molar-refractivity contribution in [1.82, 2.24) is 5.32 Å². The Morgan fingerprint density at radius 2 is 2.00 bits per heavy atom. The first-order valence-electron chi connectivity index (χ1n) is 6.61. The molecule has 4 heteroatoms. The van der Waals surface area contributed by atoms with E-state index in [9.17, 15) is 8.42 Å². The van der Waals surface area contributed by atoms with Gasteiger partial charge in [0, 0.05) is 17.7 Å². The lowest BCUT2D eigenvalue weighted by atomic mass is 10.1. The Kier molecular flexibility index (Phi) is 4.40. The second kappa shape index (κ2) is 5.85. The summed E-state index contributed by atoms with van der Waals surface area (Å²) in [5.74, 6) is 1.18. The van der Waals surface area contributed by atoms with Gasteiger partial charge >= 0.3 is 0 Å². The zero-order valence-electron chi connectivity index (χ0n) is 10.8. The molecule has 1 saturated carbocycles. The maximum Gasteiger partial charge on any atom is 0.150 e. The summed E-state index contributed by atoms with van der Waals surface area (Å²) >= 11 is 0. The minimum Gasteiger partial charge on any atom is -0.313 e. The normalized spacial score (nSPS) is 22.9. The lowest BCUT2D eigenvalue weighted by Gasteiger charge is -2.04. The van der Waals surface area contributed by atoms with Crippen molar-refractivity contribution in [2.24, 2.45) is 0 Å². The molecular formula is C14H21NO2S. The molecule has 2 atom stereocenters. The molecule has 100 valence electrons. The molecule has 1 aliphatic carbocycles. The van der Waals surface area contributed by atoms with E-state index in [0.29, 0.717) is 24.1 Å². The van der Waals surface area contributed by atoms with Crippen molar-refractivity contribution in [3.8, 4) is 0 Å². The van der Waals surface area contributed by atoms with Gasteiger partial charge in [0.15, 0.2) is 0 Å². The van der Waals surface area contributed by atoms with Crippen molar-refractivity contribution in [2.75, 3.05) is 18.1 Å². The van der Waals surface area contributed by atoms with E-state index in [0.717, 1.165) is 6.54 Å². The van der Waals surface area contributed by atoms with Crippen LogP contribution in [0, 0.1) is 0 Å². The smallest absolute Gasteiger partial charge is 0.150 e. The summed E-state index contributed by atoms with van der Waals surface area (Å²) in [6.45, 7) is 2.50. The maximum atomic E-state index is 11.3. The molecule has 1 N–H and O–H groups in total. The predicted octanol–water partition coefficient (Wildman–Crippen LogP) is 1.96. The lowest BCUT2D eigenvalue weighted by Crippen LogP contribution is -2.22. The highest BCUT2D eigenvalue weighted by Crippen LogP contribution is 2.40. The number of sulfone groups is 1. The third-order valence-corrected chi connectivity index (χ3v) is 5.29. The quantitative estimate of drug-likeness (QED) is 0.768. The fourth-order valence-electron chi connectivity index (χ4n) is 2.21. The van der Waals surface area contributed by atoms with E-state index in [1.54, 1.807) is 6.92 Å². The molecule has 0 aliphatic heterocycles. The number of nitrogens with one attached hydrogen (secondary N) is 1. The van der Waals surface area contributed by atoms with Gasteiger partial charge in [-0.05, 0) is 24.9 Å². The molecule has 0 bridgehead atoms. The summed E-state index contributed by atoms with van der Waals surface area (Å²) < 4.78 is 22.6. The van der Waals surface area contributed by atoms with Crippen LogP contribution in [0.25, 0.3) is 0 Å². The van der Waals surface area contributed by atoms with E-state index in [-0.39, 0.29) is 5.75 Å². The summed E-state index contributed by atoms with van der Waals surface area (Å²) in [5, 5.41) is 3.44. The molecule has 0 aromatic heterocycles. The molecule has 0 saturated heterocycles. The first-order valence-corrected chi connectivity index (χ1v) is 8.43. The van der Waals surface area contributed by atoms with Gasteiger partial charge in [0.05, 0.1) is 5.75 Å². The maximum absolute atomic E-state index is 11.3. The number of benzene rings is 1. The van der Waals surface area contributed by atoms with Crippen LogP contribution in [0.1, 0.15) is 31.2 Å². The Bertz CT molecular complexity index is 470. The zero-order chi connectivity index (χ0) is 13.0. The van der Waals surface area contributed by atoms with Crippen LogP contribution in [0.5, 0.6) is 0 Å². The number of rotatable bonds is 7. The SMILES string of the molecule is CCS(=O)(=O)CCCNC1CC1c1ccccc1.